The third kappa shape index (κ3) is 12.3. The SMILES string of the molecule is CCN(CC)C(=O)c1ccc(Sc2cccc3c2-c2nc-3nc3[n-]c(nc4nc(nc5[n-]c(n2)c2cccc(Sc6ccccc6)c52)-c2cccc(Sc5ccc(N6CCS(=O)(=O)CC6)cc5)c2-4)c2cccc(Sc4ccc(C(=O)N(CC)CC)cc4)c32)cc1.[Cu+2]. The molecule has 1 radical (unpaired) electrons. The first kappa shape index (κ1) is 61.6. The molecule has 21 heteroatoms. The van der Waals surface area contributed by atoms with Crippen molar-refractivity contribution in [2.45, 2.75) is 66.9 Å². The first-order valence-electron chi connectivity index (χ1n) is 29.8. The van der Waals surface area contributed by atoms with Gasteiger partial charge in [-0.25, -0.2) is 18.4 Å². The van der Waals surface area contributed by atoms with Crippen LogP contribution in [0.3, 0.4) is 0 Å². The van der Waals surface area contributed by atoms with Crippen LogP contribution >= 0.6 is 47.0 Å². The minimum absolute atomic E-state index is 0. The van der Waals surface area contributed by atoms with Crippen LogP contribution in [0.2, 0.25) is 0 Å². The van der Waals surface area contributed by atoms with Gasteiger partial charge in [-0.3, -0.25) is 9.59 Å². The number of rotatable bonds is 15. The van der Waals surface area contributed by atoms with Crippen LogP contribution in [0.25, 0.3) is 89.7 Å². The van der Waals surface area contributed by atoms with E-state index in [1.165, 1.54) is 0 Å². The van der Waals surface area contributed by atoms with Crippen LogP contribution < -0.4 is 14.9 Å². The van der Waals surface area contributed by atoms with E-state index in [0.29, 0.717) is 96.3 Å². The number of carbonyl (C=O) groups excluding carboxylic acids is 2. The van der Waals surface area contributed by atoms with Crippen molar-refractivity contribution in [3.8, 4) is 45.6 Å². The van der Waals surface area contributed by atoms with Crippen molar-refractivity contribution in [1.29, 1.82) is 0 Å². The summed E-state index contributed by atoms with van der Waals surface area (Å²) in [4.78, 5) is 83.3. The Morgan fingerprint density at radius 2 is 0.802 bits per heavy atom. The van der Waals surface area contributed by atoms with Gasteiger partial charge in [0.1, 0.15) is 0 Å². The predicted octanol–water partition coefficient (Wildman–Crippen LogP) is 14.9. The Morgan fingerprint density at radius 3 is 1.23 bits per heavy atom. The Labute approximate surface area is 554 Å². The molecule has 6 heterocycles. The third-order valence-electron chi connectivity index (χ3n) is 16.2. The fraction of sp³-hybridized carbons (Fsp3) is 0.171. The second kappa shape index (κ2) is 26.1. The van der Waals surface area contributed by atoms with Crippen LogP contribution in [0.4, 0.5) is 5.69 Å². The van der Waals surface area contributed by atoms with Gasteiger partial charge in [0, 0.05) is 151 Å². The molecule has 2 amide bonds. The molecule has 91 heavy (non-hydrogen) atoms. The molecular formula is C70H57CuN11O4S5. The van der Waals surface area contributed by atoms with Crippen LogP contribution in [0.15, 0.2) is 215 Å². The van der Waals surface area contributed by atoms with E-state index < -0.39 is 9.84 Å². The van der Waals surface area contributed by atoms with Crippen molar-refractivity contribution < 1.29 is 35.1 Å². The monoisotopic (exact) mass is 1340 g/mol. The molecular weight excluding hydrogens is 1280 g/mol. The fourth-order valence-electron chi connectivity index (χ4n) is 11.5. The quantitative estimate of drug-likeness (QED) is 0.0882. The molecule has 11 aromatic rings. The first-order chi connectivity index (χ1) is 43.9. The number of carbonyl (C=O) groups is 2. The van der Waals surface area contributed by atoms with Gasteiger partial charge in [0.25, 0.3) is 11.8 Å². The number of hydrogen-bond acceptors (Lipinski definition) is 15. The topological polar surface area (TPSA) is 184 Å². The Hall–Kier alpha value is -8.27. The summed E-state index contributed by atoms with van der Waals surface area (Å²) in [5.41, 5.74) is 6.91. The van der Waals surface area contributed by atoms with Gasteiger partial charge < -0.3 is 44.6 Å². The minimum Gasteiger partial charge on any atom is -0.369 e. The molecule has 3 aromatic heterocycles. The zero-order valence-electron chi connectivity index (χ0n) is 49.8. The number of amides is 2. The standard InChI is InChI=1S/C70H57N11O4S5.Cu/c1-5-79(6-2)69(82)42-26-32-46(33-27-42)87-54-23-13-19-50-58(54)66-73-61-49-18-12-22-53(86-45-16-10-9-11-17-45)57(49)65(71-61)72-64-52-21-15-25-56(89-48-36-30-44(31-37-48)81-38-40-90(84,85)41-39-81)60(52)68(78-64)77-63-51-20-14-24-55(59(51)67(76-63)75-62(50)74-66)88-47-34-28-43(29-35-47)70(83)80(7-3)8-4;/h9-37H,5-8,38-41H2,1-4H3;/q-2;+2. The van der Waals surface area contributed by atoms with Crippen LogP contribution in [0.1, 0.15) is 48.4 Å². The number of anilines is 1. The van der Waals surface area contributed by atoms with Gasteiger partial charge in [-0.2, -0.15) is 0 Å². The molecule has 0 N–H and O–H groups in total. The van der Waals surface area contributed by atoms with Gasteiger partial charge in [-0.1, -0.05) is 114 Å². The van der Waals surface area contributed by atoms with Gasteiger partial charge in [-0.05, 0) is 148 Å². The molecule has 0 unspecified atom stereocenters. The molecule has 457 valence electrons. The van der Waals surface area contributed by atoms with E-state index in [4.69, 9.17) is 39.9 Å². The molecule has 0 aliphatic carbocycles. The van der Waals surface area contributed by atoms with E-state index in [-0.39, 0.29) is 40.4 Å². The van der Waals surface area contributed by atoms with Crippen molar-refractivity contribution in [2.75, 3.05) is 55.7 Å². The summed E-state index contributed by atoms with van der Waals surface area (Å²) in [6.45, 7) is 11.3. The number of fused-ring (bicyclic) bond motifs is 20. The minimum atomic E-state index is -3.04. The molecule has 1 saturated heterocycles. The molecule has 14 rings (SSSR count). The van der Waals surface area contributed by atoms with Gasteiger partial charge in [-0.15, -0.1) is 0 Å². The predicted molar refractivity (Wildman–Crippen MR) is 362 cm³/mol. The Kier molecular flexibility index (Phi) is 17.7. The summed E-state index contributed by atoms with van der Waals surface area (Å²) in [6, 6.07) is 58.2. The average Bonchev–Trinajstić information content (AvgIpc) is 1.63. The zero-order valence-corrected chi connectivity index (χ0v) is 54.8. The normalized spacial score (nSPS) is 13.2. The molecule has 3 aliphatic rings. The maximum absolute atomic E-state index is 13.4. The summed E-state index contributed by atoms with van der Waals surface area (Å²) >= 11 is 6.30. The number of aromatic nitrogens is 8. The molecule has 1 fully saturated rings. The molecule has 0 atom stereocenters. The number of sulfone groups is 1. The third-order valence-corrected chi connectivity index (χ3v) is 22.0. The summed E-state index contributed by atoms with van der Waals surface area (Å²) in [6.07, 6.45) is 0. The van der Waals surface area contributed by atoms with Crippen molar-refractivity contribution >= 4 is 119 Å². The van der Waals surface area contributed by atoms with Crippen molar-refractivity contribution in [1.82, 2.24) is 49.7 Å². The maximum Gasteiger partial charge on any atom is 2.00 e. The first-order valence-corrected chi connectivity index (χ1v) is 34.9. The molecule has 0 spiro atoms. The summed E-state index contributed by atoms with van der Waals surface area (Å²) < 4.78 is 24.6. The van der Waals surface area contributed by atoms with Crippen LogP contribution in [-0.2, 0) is 26.9 Å². The molecule has 8 bridgehead atoms. The van der Waals surface area contributed by atoms with E-state index in [2.05, 4.69) is 53.4 Å². The fourth-order valence-corrected chi connectivity index (χ4v) is 16.6. The number of hydrogen-bond donors (Lipinski definition) is 0. The van der Waals surface area contributed by atoms with E-state index >= 15 is 0 Å². The molecule has 15 nitrogen and oxygen atoms in total. The molecule has 0 saturated carbocycles. The van der Waals surface area contributed by atoms with Crippen molar-refractivity contribution in [2.24, 2.45) is 0 Å². The zero-order chi connectivity index (χ0) is 61.6. The Balaban J connectivity index is 0.00000758. The van der Waals surface area contributed by atoms with Gasteiger partial charge in [0.05, 0.1) is 34.8 Å². The van der Waals surface area contributed by atoms with E-state index in [0.717, 1.165) is 88.6 Å². The number of nitrogens with zero attached hydrogens (tertiary/aromatic N) is 11. The Bertz CT molecular complexity index is 4920. The molecule has 8 aromatic carbocycles. The molecule has 3 aliphatic heterocycles. The summed E-state index contributed by atoms with van der Waals surface area (Å²) in [5.74, 6) is 1.88. The summed E-state index contributed by atoms with van der Waals surface area (Å²) in [5, 5.41) is 3.08. The van der Waals surface area contributed by atoms with Crippen molar-refractivity contribution in [3.05, 3.63) is 187 Å². The van der Waals surface area contributed by atoms with Crippen molar-refractivity contribution in [3.63, 3.8) is 0 Å². The maximum atomic E-state index is 13.4. The second-order valence-electron chi connectivity index (χ2n) is 21.6. The van der Waals surface area contributed by atoms with Crippen LogP contribution in [0, 0.1) is 0 Å². The van der Waals surface area contributed by atoms with E-state index in [1.54, 1.807) is 47.0 Å². The van der Waals surface area contributed by atoms with Crippen LogP contribution in [0.5, 0.6) is 0 Å². The van der Waals surface area contributed by atoms with E-state index in [1.807, 2.05) is 165 Å². The number of benzene rings is 8. The van der Waals surface area contributed by atoms with Gasteiger partial charge >= 0.3 is 17.1 Å². The summed E-state index contributed by atoms with van der Waals surface area (Å²) in [7, 11) is -3.04. The van der Waals surface area contributed by atoms with Gasteiger partial charge in [0.2, 0.25) is 0 Å². The van der Waals surface area contributed by atoms with Gasteiger partial charge in [0.15, 0.2) is 9.84 Å². The van der Waals surface area contributed by atoms with E-state index in [9.17, 15) is 18.0 Å². The smallest absolute Gasteiger partial charge is 0.369 e. The average molecular weight is 1340 g/mol. The Morgan fingerprint density at radius 1 is 0.429 bits per heavy atom. The second-order valence-corrected chi connectivity index (χ2v) is 28.3. The largest absolute Gasteiger partial charge is 2.00 e. The van der Waals surface area contributed by atoms with Crippen LogP contribution in [-0.4, -0.2) is 111 Å².